The maximum Gasteiger partial charge on any atom is 0.338 e. The Bertz CT molecular complexity index is 1640. The first kappa shape index (κ1) is 26.1. The third-order valence-electron chi connectivity index (χ3n) is 6.10. The number of rotatable bonds is 7. The van der Waals surface area contributed by atoms with Crippen molar-refractivity contribution in [2.24, 2.45) is 4.99 Å². The van der Waals surface area contributed by atoms with E-state index in [0.29, 0.717) is 55.8 Å². The molecule has 0 bridgehead atoms. The predicted octanol–water partition coefficient (Wildman–Crippen LogP) is 3.70. The lowest BCUT2D eigenvalue weighted by Gasteiger charge is -2.24. The maximum absolute atomic E-state index is 13.9. The number of esters is 1. The zero-order valence-corrected chi connectivity index (χ0v) is 23.6. The van der Waals surface area contributed by atoms with Gasteiger partial charge in [0.25, 0.3) is 5.56 Å². The van der Waals surface area contributed by atoms with Crippen LogP contribution in [0.4, 0.5) is 0 Å². The molecular formula is C27H25BrN2O7S. The second-order valence-corrected chi connectivity index (χ2v) is 10.2. The van der Waals surface area contributed by atoms with Crippen LogP contribution in [-0.4, -0.2) is 37.7 Å². The van der Waals surface area contributed by atoms with Crippen molar-refractivity contribution in [2.45, 2.75) is 26.8 Å². The molecule has 0 fully saturated rings. The summed E-state index contributed by atoms with van der Waals surface area (Å²) in [6.45, 7) is 6.18. The molecule has 198 valence electrons. The van der Waals surface area contributed by atoms with Crippen LogP contribution in [0, 0.1) is 0 Å². The van der Waals surface area contributed by atoms with E-state index in [0.717, 1.165) is 10.0 Å². The number of hydrogen-bond donors (Lipinski definition) is 0. The van der Waals surface area contributed by atoms with Gasteiger partial charge in [-0.15, -0.1) is 0 Å². The van der Waals surface area contributed by atoms with E-state index in [2.05, 4.69) is 20.9 Å². The first-order valence-electron chi connectivity index (χ1n) is 12.0. The quantitative estimate of drug-likeness (QED) is 0.381. The third-order valence-corrected chi connectivity index (χ3v) is 7.77. The molecular weight excluding hydrogens is 576 g/mol. The molecule has 2 aromatic carbocycles. The molecule has 1 atom stereocenters. The molecule has 3 heterocycles. The van der Waals surface area contributed by atoms with Crippen LogP contribution in [0.1, 0.15) is 37.9 Å². The Morgan fingerprint density at radius 2 is 1.97 bits per heavy atom. The van der Waals surface area contributed by atoms with Crippen molar-refractivity contribution in [1.82, 2.24) is 4.57 Å². The minimum atomic E-state index is -0.750. The summed E-state index contributed by atoms with van der Waals surface area (Å²) in [6, 6.07) is 8.24. The minimum absolute atomic E-state index is 0.113. The fourth-order valence-electron chi connectivity index (χ4n) is 4.42. The lowest BCUT2D eigenvalue weighted by atomic mass is 9.95. The van der Waals surface area contributed by atoms with Crippen molar-refractivity contribution in [3.05, 3.63) is 76.9 Å². The zero-order valence-electron chi connectivity index (χ0n) is 21.2. The standard InChI is InChI=1S/C27H25BrN2O7S/c1-5-34-21-12-17(28)16(10-19(21)33-4)11-22-25(31)30-24(15-7-8-18-20(9-15)37-13-36-18)23(26(32)35-6-2)14(3)29-27(30)38-22/h7-12,24H,5-6,13H2,1-4H3/b22-11+/t24-/m1/s1. The van der Waals surface area contributed by atoms with Crippen LogP contribution in [0.5, 0.6) is 23.0 Å². The van der Waals surface area contributed by atoms with E-state index < -0.39 is 12.0 Å². The lowest BCUT2D eigenvalue weighted by Crippen LogP contribution is -2.39. The van der Waals surface area contributed by atoms with Crippen LogP contribution in [0.25, 0.3) is 6.08 Å². The molecule has 1 aromatic heterocycles. The molecule has 9 nitrogen and oxygen atoms in total. The van der Waals surface area contributed by atoms with Crippen molar-refractivity contribution in [1.29, 1.82) is 0 Å². The number of halogens is 1. The van der Waals surface area contributed by atoms with Gasteiger partial charge in [0.15, 0.2) is 27.8 Å². The molecule has 0 aliphatic carbocycles. The Morgan fingerprint density at radius 1 is 1.18 bits per heavy atom. The van der Waals surface area contributed by atoms with Gasteiger partial charge >= 0.3 is 5.97 Å². The molecule has 0 saturated heterocycles. The van der Waals surface area contributed by atoms with Crippen LogP contribution in [0.2, 0.25) is 0 Å². The van der Waals surface area contributed by atoms with Gasteiger partial charge in [-0.2, -0.15) is 0 Å². The summed E-state index contributed by atoms with van der Waals surface area (Å²) < 4.78 is 30.2. The monoisotopic (exact) mass is 600 g/mol. The summed E-state index contributed by atoms with van der Waals surface area (Å²) in [5.74, 6) is 1.78. The number of allylic oxidation sites excluding steroid dienone is 1. The molecule has 5 rings (SSSR count). The van der Waals surface area contributed by atoms with Crippen molar-refractivity contribution in [2.75, 3.05) is 27.1 Å². The Labute approximate surface area is 230 Å². The minimum Gasteiger partial charge on any atom is -0.493 e. The number of carbonyl (C=O) groups excluding carboxylic acids is 1. The van der Waals surface area contributed by atoms with E-state index in [-0.39, 0.29) is 19.0 Å². The Kier molecular flexibility index (Phi) is 7.31. The van der Waals surface area contributed by atoms with E-state index in [4.69, 9.17) is 23.7 Å². The number of nitrogens with zero attached hydrogens (tertiary/aromatic N) is 2. The first-order chi connectivity index (χ1) is 18.4. The summed E-state index contributed by atoms with van der Waals surface area (Å²) in [5.41, 5.74) is 1.92. The van der Waals surface area contributed by atoms with E-state index in [1.165, 1.54) is 15.9 Å². The number of ether oxygens (including phenoxy) is 5. The smallest absolute Gasteiger partial charge is 0.338 e. The van der Waals surface area contributed by atoms with Crippen LogP contribution in [-0.2, 0) is 9.53 Å². The summed E-state index contributed by atoms with van der Waals surface area (Å²) >= 11 is 4.82. The van der Waals surface area contributed by atoms with Gasteiger partial charge in [0.1, 0.15) is 0 Å². The Morgan fingerprint density at radius 3 is 2.71 bits per heavy atom. The normalized spacial score (nSPS) is 16.2. The Hall–Kier alpha value is -3.57. The molecule has 2 aliphatic heterocycles. The SMILES string of the molecule is CCOC(=O)C1=C(C)N=c2s/c(=C/c3cc(OC)c(OCC)cc3Br)c(=O)n2[C@@H]1c1ccc2c(c1)OCO2. The average Bonchev–Trinajstić information content (AvgIpc) is 3.48. The third kappa shape index (κ3) is 4.60. The second-order valence-electron chi connectivity index (χ2n) is 8.37. The molecule has 0 radical (unpaired) electrons. The molecule has 3 aromatic rings. The number of thiazole rings is 1. The van der Waals surface area contributed by atoms with Crippen molar-refractivity contribution < 1.29 is 28.5 Å². The largest absolute Gasteiger partial charge is 0.493 e. The fourth-order valence-corrected chi connectivity index (χ4v) is 5.89. The molecule has 0 amide bonds. The van der Waals surface area contributed by atoms with E-state index in [9.17, 15) is 9.59 Å². The average molecular weight is 601 g/mol. The highest BCUT2D eigenvalue weighted by molar-refractivity contribution is 9.10. The molecule has 0 saturated carbocycles. The van der Waals surface area contributed by atoms with Gasteiger partial charge in [0.05, 0.1) is 42.2 Å². The number of carbonyl (C=O) groups is 1. The summed E-state index contributed by atoms with van der Waals surface area (Å²) in [6.07, 6.45) is 1.77. The van der Waals surface area contributed by atoms with Crippen LogP contribution in [0.3, 0.4) is 0 Å². The van der Waals surface area contributed by atoms with Crippen LogP contribution in [0.15, 0.2) is 55.9 Å². The van der Waals surface area contributed by atoms with Gasteiger partial charge in [0.2, 0.25) is 6.79 Å². The molecule has 0 unspecified atom stereocenters. The van der Waals surface area contributed by atoms with E-state index in [1.54, 1.807) is 45.2 Å². The summed E-state index contributed by atoms with van der Waals surface area (Å²) in [5, 5.41) is 0. The topological polar surface area (TPSA) is 97.6 Å². The zero-order chi connectivity index (χ0) is 27.0. The number of fused-ring (bicyclic) bond motifs is 2. The maximum atomic E-state index is 13.9. The van der Waals surface area contributed by atoms with Gasteiger partial charge in [0, 0.05) is 4.47 Å². The van der Waals surface area contributed by atoms with Gasteiger partial charge in [-0.05, 0) is 62.2 Å². The van der Waals surface area contributed by atoms with Gasteiger partial charge < -0.3 is 23.7 Å². The van der Waals surface area contributed by atoms with Gasteiger partial charge in [-0.1, -0.05) is 33.3 Å². The van der Waals surface area contributed by atoms with Crippen LogP contribution < -0.4 is 33.8 Å². The molecule has 2 aliphatic rings. The van der Waals surface area contributed by atoms with Crippen molar-refractivity contribution in [3.8, 4) is 23.0 Å². The molecule has 0 spiro atoms. The summed E-state index contributed by atoms with van der Waals surface area (Å²) in [4.78, 5) is 32.1. The number of benzene rings is 2. The van der Waals surface area contributed by atoms with Gasteiger partial charge in [-0.25, -0.2) is 9.79 Å². The fraction of sp³-hybridized carbons (Fsp3) is 0.296. The molecule has 0 N–H and O–H groups in total. The molecule has 11 heteroatoms. The lowest BCUT2D eigenvalue weighted by molar-refractivity contribution is -0.139. The highest BCUT2D eigenvalue weighted by atomic mass is 79.9. The van der Waals surface area contributed by atoms with E-state index in [1.807, 2.05) is 19.1 Å². The van der Waals surface area contributed by atoms with E-state index >= 15 is 0 Å². The number of aromatic nitrogens is 1. The highest BCUT2D eigenvalue weighted by Crippen LogP contribution is 2.38. The number of hydrogen-bond acceptors (Lipinski definition) is 9. The van der Waals surface area contributed by atoms with Crippen LogP contribution >= 0.6 is 27.3 Å². The predicted molar refractivity (Wildman–Crippen MR) is 145 cm³/mol. The van der Waals surface area contributed by atoms with Crippen molar-refractivity contribution >= 4 is 39.3 Å². The highest BCUT2D eigenvalue weighted by Gasteiger charge is 2.34. The molecule has 38 heavy (non-hydrogen) atoms. The van der Waals surface area contributed by atoms with Crippen molar-refractivity contribution in [3.63, 3.8) is 0 Å². The van der Waals surface area contributed by atoms with Gasteiger partial charge in [-0.3, -0.25) is 9.36 Å². The second kappa shape index (κ2) is 10.7. The summed E-state index contributed by atoms with van der Waals surface area (Å²) in [7, 11) is 1.56. The number of methoxy groups -OCH3 is 1. The Balaban J connectivity index is 1.70. The first-order valence-corrected chi connectivity index (χ1v) is 13.6.